The van der Waals surface area contributed by atoms with Gasteiger partial charge in [0.1, 0.15) is 5.54 Å². The molecular formula is C56H41N. The van der Waals surface area contributed by atoms with E-state index in [1.54, 1.807) is 0 Å². The maximum atomic E-state index is 2.62. The molecule has 10 rings (SSSR count). The van der Waals surface area contributed by atoms with Gasteiger partial charge in [0.05, 0.1) is 0 Å². The van der Waals surface area contributed by atoms with E-state index in [9.17, 15) is 0 Å². The van der Waals surface area contributed by atoms with E-state index < -0.39 is 5.54 Å². The molecule has 0 aromatic heterocycles. The average Bonchev–Trinajstić information content (AvgIpc) is 3.30. The number of anilines is 2. The van der Waals surface area contributed by atoms with E-state index in [2.05, 4.69) is 242 Å². The zero-order valence-corrected chi connectivity index (χ0v) is 31.7. The molecule has 0 fully saturated rings. The summed E-state index contributed by atoms with van der Waals surface area (Å²) in [7, 11) is 0. The highest BCUT2D eigenvalue weighted by molar-refractivity contribution is 5.99. The highest BCUT2D eigenvalue weighted by Gasteiger charge is 2.45. The summed E-state index contributed by atoms with van der Waals surface area (Å²) in [6.07, 6.45) is 7.69. The topological polar surface area (TPSA) is 3.24 Å². The molecule has 1 aliphatic carbocycles. The monoisotopic (exact) mass is 727 g/mol. The molecular weight excluding hydrogens is 687 g/mol. The van der Waals surface area contributed by atoms with Gasteiger partial charge in [-0.15, -0.1) is 0 Å². The largest absolute Gasteiger partial charge is 0.327 e. The van der Waals surface area contributed by atoms with E-state index >= 15 is 0 Å². The predicted octanol–water partition coefficient (Wildman–Crippen LogP) is 15.1. The third-order valence-corrected chi connectivity index (χ3v) is 11.6. The molecule has 1 aliphatic rings. The van der Waals surface area contributed by atoms with E-state index in [-0.39, 0.29) is 0 Å². The van der Waals surface area contributed by atoms with Crippen molar-refractivity contribution in [3.63, 3.8) is 0 Å². The maximum Gasteiger partial charge on any atom is 0.100 e. The zero-order valence-electron chi connectivity index (χ0n) is 31.7. The van der Waals surface area contributed by atoms with Crippen molar-refractivity contribution in [3.8, 4) is 33.4 Å². The molecule has 0 saturated carbocycles. The van der Waals surface area contributed by atoms with Crippen molar-refractivity contribution < 1.29 is 0 Å². The Kier molecular flexibility index (Phi) is 8.89. The van der Waals surface area contributed by atoms with Crippen molar-refractivity contribution in [2.24, 2.45) is 0 Å². The summed E-state index contributed by atoms with van der Waals surface area (Å²) in [6.45, 7) is 0. The first-order valence-electron chi connectivity index (χ1n) is 19.8. The van der Waals surface area contributed by atoms with E-state index in [0.29, 0.717) is 0 Å². The quantitative estimate of drug-likeness (QED) is 0.151. The van der Waals surface area contributed by atoms with Crippen LogP contribution in [0, 0.1) is 0 Å². The molecule has 0 saturated heterocycles. The SMILES string of the molecule is C1=CCC(c2ccccc2-c2ccccc2)(N(c2ccc(-c3cccc4ccccc34)cc2)c2cccc(-c3cccc4ccccc34)c2)C(c2ccccc2)=C1. The molecule has 0 N–H and O–H groups in total. The van der Waals surface area contributed by atoms with Gasteiger partial charge in [0.15, 0.2) is 0 Å². The van der Waals surface area contributed by atoms with Crippen molar-refractivity contribution in [2.75, 3.05) is 4.90 Å². The second-order valence-electron chi connectivity index (χ2n) is 14.8. The van der Waals surface area contributed by atoms with Crippen LogP contribution in [-0.4, -0.2) is 0 Å². The van der Waals surface area contributed by atoms with Crippen LogP contribution in [0.15, 0.2) is 237 Å². The molecule has 0 bridgehead atoms. The summed E-state index contributed by atoms with van der Waals surface area (Å²) in [4.78, 5) is 2.62. The van der Waals surface area contributed by atoms with Crippen molar-refractivity contribution in [2.45, 2.75) is 12.0 Å². The Bertz CT molecular complexity index is 2910. The summed E-state index contributed by atoms with van der Waals surface area (Å²) < 4.78 is 0. The van der Waals surface area contributed by atoms with Crippen molar-refractivity contribution in [1.82, 2.24) is 0 Å². The number of benzene rings is 9. The highest BCUT2D eigenvalue weighted by Crippen LogP contribution is 2.54. The summed E-state index contributed by atoms with van der Waals surface area (Å²) in [5.41, 5.74) is 12.6. The molecule has 57 heavy (non-hydrogen) atoms. The van der Waals surface area contributed by atoms with Gasteiger partial charge in [0.25, 0.3) is 0 Å². The Morgan fingerprint density at radius 3 is 1.58 bits per heavy atom. The lowest BCUT2D eigenvalue weighted by Gasteiger charge is -2.49. The summed E-state index contributed by atoms with van der Waals surface area (Å²) in [5, 5.41) is 4.99. The fraction of sp³-hybridized carbons (Fsp3) is 0.0357. The lowest BCUT2D eigenvalue weighted by Crippen LogP contribution is -2.45. The third-order valence-electron chi connectivity index (χ3n) is 11.6. The minimum atomic E-state index is -0.638. The predicted molar refractivity (Wildman–Crippen MR) is 243 cm³/mol. The lowest BCUT2D eigenvalue weighted by molar-refractivity contribution is 0.568. The maximum absolute atomic E-state index is 2.62. The number of hydrogen-bond donors (Lipinski definition) is 0. The van der Waals surface area contributed by atoms with Gasteiger partial charge >= 0.3 is 0 Å². The normalized spacial score (nSPS) is 15.1. The molecule has 9 aromatic rings. The van der Waals surface area contributed by atoms with Crippen molar-refractivity contribution in [3.05, 3.63) is 248 Å². The Morgan fingerprint density at radius 2 is 0.877 bits per heavy atom. The van der Waals surface area contributed by atoms with Crippen LogP contribution in [0.1, 0.15) is 17.5 Å². The van der Waals surface area contributed by atoms with Gasteiger partial charge in [0.2, 0.25) is 0 Å². The van der Waals surface area contributed by atoms with E-state index in [0.717, 1.165) is 17.8 Å². The van der Waals surface area contributed by atoms with Crippen LogP contribution in [0.4, 0.5) is 11.4 Å². The number of fused-ring (bicyclic) bond motifs is 2. The van der Waals surface area contributed by atoms with Gasteiger partial charge in [-0.1, -0.05) is 212 Å². The molecule has 270 valence electrons. The third kappa shape index (κ3) is 6.15. The van der Waals surface area contributed by atoms with Crippen LogP contribution in [0.3, 0.4) is 0 Å². The fourth-order valence-electron chi connectivity index (χ4n) is 9.05. The number of rotatable bonds is 8. The van der Waals surface area contributed by atoms with Crippen LogP contribution in [0.2, 0.25) is 0 Å². The number of hydrogen-bond acceptors (Lipinski definition) is 1. The van der Waals surface area contributed by atoms with E-state index in [1.165, 1.54) is 71.6 Å². The Morgan fingerprint density at radius 1 is 0.368 bits per heavy atom. The molecule has 0 amide bonds. The molecule has 0 aliphatic heterocycles. The average molecular weight is 728 g/mol. The fourth-order valence-corrected chi connectivity index (χ4v) is 9.05. The van der Waals surface area contributed by atoms with Gasteiger partial charge in [0, 0.05) is 11.4 Å². The first kappa shape index (κ1) is 34.3. The summed E-state index contributed by atoms with van der Waals surface area (Å²) >= 11 is 0. The summed E-state index contributed by atoms with van der Waals surface area (Å²) in [6, 6.07) is 79.9. The van der Waals surface area contributed by atoms with Crippen molar-refractivity contribution >= 4 is 38.5 Å². The van der Waals surface area contributed by atoms with E-state index in [4.69, 9.17) is 0 Å². The zero-order chi connectivity index (χ0) is 38.0. The summed E-state index contributed by atoms with van der Waals surface area (Å²) in [5.74, 6) is 0. The Labute approximate surface area is 335 Å². The number of nitrogens with zero attached hydrogens (tertiary/aromatic N) is 1. The molecule has 1 nitrogen and oxygen atoms in total. The molecule has 1 unspecified atom stereocenters. The number of allylic oxidation sites excluding steroid dienone is 2. The van der Waals surface area contributed by atoms with Crippen LogP contribution in [0.25, 0.3) is 60.5 Å². The van der Waals surface area contributed by atoms with Crippen LogP contribution in [0.5, 0.6) is 0 Å². The highest BCUT2D eigenvalue weighted by atomic mass is 15.2. The van der Waals surface area contributed by atoms with Gasteiger partial charge in [-0.2, -0.15) is 0 Å². The molecule has 0 heterocycles. The van der Waals surface area contributed by atoms with Crippen molar-refractivity contribution in [1.29, 1.82) is 0 Å². The first-order valence-corrected chi connectivity index (χ1v) is 19.8. The lowest BCUT2D eigenvalue weighted by atomic mass is 9.70. The molecule has 1 atom stereocenters. The van der Waals surface area contributed by atoms with Gasteiger partial charge in [-0.05, 0) is 102 Å². The van der Waals surface area contributed by atoms with Crippen LogP contribution >= 0.6 is 0 Å². The van der Waals surface area contributed by atoms with Gasteiger partial charge in [-0.25, -0.2) is 0 Å². The second kappa shape index (κ2) is 14.8. The minimum absolute atomic E-state index is 0.638. The Hall–Kier alpha value is -7.22. The first-order chi connectivity index (χ1) is 28.3. The second-order valence-corrected chi connectivity index (χ2v) is 14.8. The van der Waals surface area contributed by atoms with Gasteiger partial charge < -0.3 is 4.90 Å². The minimum Gasteiger partial charge on any atom is -0.327 e. The molecule has 0 spiro atoms. The molecule has 1 heteroatoms. The van der Waals surface area contributed by atoms with E-state index in [1.807, 2.05) is 0 Å². The molecule has 0 radical (unpaired) electrons. The smallest absolute Gasteiger partial charge is 0.100 e. The standard InChI is InChI=1S/C56H41N/c1-3-18-43(19-4-1)53-30-11-12-34-55(53)56(39-14-13-33-54(56)45-22-5-2-6-23-45)57(47-37-35-44(36-38-47)51-31-16-24-41-20-7-9-28-49(41)51)48-27-15-26-46(40-48)52-32-17-25-42-21-8-10-29-50(42)52/h1-38,40H,39H2. The van der Waals surface area contributed by atoms with Gasteiger partial charge in [-0.3, -0.25) is 0 Å². The molecule has 9 aromatic carbocycles. The van der Waals surface area contributed by atoms with Crippen LogP contribution < -0.4 is 4.90 Å². The van der Waals surface area contributed by atoms with Crippen LogP contribution in [-0.2, 0) is 5.54 Å². The Balaban J connectivity index is 1.26.